The summed E-state index contributed by atoms with van der Waals surface area (Å²) in [6.45, 7) is 1.21. The average molecular weight is 402 g/mol. The molecule has 0 bridgehead atoms. The van der Waals surface area contributed by atoms with Gasteiger partial charge in [-0.2, -0.15) is 5.10 Å². The first-order valence-corrected chi connectivity index (χ1v) is 9.84. The maximum absolute atomic E-state index is 13.9. The highest BCUT2D eigenvalue weighted by Gasteiger charge is 2.28. The summed E-state index contributed by atoms with van der Waals surface area (Å²) in [4.78, 5) is 27.3. The van der Waals surface area contributed by atoms with Gasteiger partial charge in [0.05, 0.1) is 23.8 Å². The summed E-state index contributed by atoms with van der Waals surface area (Å²) in [5.41, 5.74) is 2.16. The number of hydrogen-bond donors (Lipinski definition) is 0. The third kappa shape index (κ3) is 3.41. The van der Waals surface area contributed by atoms with Gasteiger partial charge < -0.3 is 4.90 Å². The molecular formula is C22H19FN6O. The van der Waals surface area contributed by atoms with Crippen molar-refractivity contribution in [1.82, 2.24) is 24.7 Å². The second kappa shape index (κ2) is 7.62. The Hall–Kier alpha value is -3.68. The van der Waals surface area contributed by atoms with Crippen LogP contribution >= 0.6 is 0 Å². The Labute approximate surface area is 171 Å². The number of pyridine rings is 1. The predicted molar refractivity (Wildman–Crippen MR) is 112 cm³/mol. The molecule has 1 saturated heterocycles. The maximum atomic E-state index is 13.9. The van der Waals surface area contributed by atoms with Gasteiger partial charge in [0.25, 0.3) is 5.56 Å². The predicted octanol–water partition coefficient (Wildman–Crippen LogP) is 3.06. The number of aromatic nitrogens is 5. The van der Waals surface area contributed by atoms with Crippen LogP contribution in [0.2, 0.25) is 0 Å². The number of benzene rings is 1. The lowest BCUT2D eigenvalue weighted by molar-refractivity contribution is 0.489. The van der Waals surface area contributed by atoms with Crippen molar-refractivity contribution in [3.05, 3.63) is 77.4 Å². The standard InChI is InChI=1S/C22H19FN6O/c23-16-3-4-20-18(12-16)22(26-14-25-20)28-11-1-2-17(28)13-29-21(30)6-5-19(27-29)15-7-9-24-10-8-15/h3-10,12,14,17H,1-2,11,13H2. The van der Waals surface area contributed by atoms with E-state index in [1.54, 1.807) is 24.5 Å². The first-order chi connectivity index (χ1) is 14.7. The monoisotopic (exact) mass is 402 g/mol. The lowest BCUT2D eigenvalue weighted by atomic mass is 10.2. The zero-order valence-electron chi connectivity index (χ0n) is 16.1. The first kappa shape index (κ1) is 18.4. The molecule has 0 spiro atoms. The van der Waals surface area contributed by atoms with Gasteiger partial charge in [-0.25, -0.2) is 19.0 Å². The van der Waals surface area contributed by atoms with Gasteiger partial charge in [0.1, 0.15) is 18.0 Å². The minimum Gasteiger partial charge on any atom is -0.351 e. The van der Waals surface area contributed by atoms with Crippen molar-refractivity contribution < 1.29 is 4.39 Å². The molecule has 1 aliphatic heterocycles. The normalized spacial score (nSPS) is 16.3. The zero-order chi connectivity index (χ0) is 20.5. The molecule has 0 amide bonds. The fourth-order valence-electron chi connectivity index (χ4n) is 4.00. The highest BCUT2D eigenvalue weighted by Crippen LogP contribution is 2.30. The smallest absolute Gasteiger partial charge is 0.266 e. The Balaban J connectivity index is 1.49. The minimum absolute atomic E-state index is 0.0317. The molecule has 1 unspecified atom stereocenters. The third-order valence-electron chi connectivity index (χ3n) is 5.45. The van der Waals surface area contributed by atoms with Gasteiger partial charge in [-0.3, -0.25) is 9.78 Å². The molecule has 150 valence electrons. The average Bonchev–Trinajstić information content (AvgIpc) is 3.23. The molecule has 1 aromatic carbocycles. The molecule has 30 heavy (non-hydrogen) atoms. The number of anilines is 1. The van der Waals surface area contributed by atoms with Crippen LogP contribution in [0.25, 0.3) is 22.2 Å². The van der Waals surface area contributed by atoms with Crippen LogP contribution in [0.3, 0.4) is 0 Å². The summed E-state index contributed by atoms with van der Waals surface area (Å²) in [5, 5.41) is 5.24. The van der Waals surface area contributed by atoms with E-state index in [1.165, 1.54) is 29.2 Å². The summed E-state index contributed by atoms with van der Waals surface area (Å²) in [6.07, 6.45) is 6.76. The van der Waals surface area contributed by atoms with Crippen molar-refractivity contribution >= 4 is 16.7 Å². The molecule has 1 aliphatic rings. The molecule has 1 fully saturated rings. The molecule has 7 nitrogen and oxygen atoms in total. The lowest BCUT2D eigenvalue weighted by Crippen LogP contribution is -2.37. The van der Waals surface area contributed by atoms with Crippen LogP contribution in [0.1, 0.15) is 12.8 Å². The number of fused-ring (bicyclic) bond motifs is 1. The summed E-state index contributed by atoms with van der Waals surface area (Å²) in [7, 11) is 0. The Bertz CT molecular complexity index is 1260. The van der Waals surface area contributed by atoms with Crippen LogP contribution in [0.5, 0.6) is 0 Å². The molecule has 1 atom stereocenters. The van der Waals surface area contributed by atoms with E-state index in [0.717, 1.165) is 30.6 Å². The minimum atomic E-state index is -0.322. The van der Waals surface area contributed by atoms with Crippen molar-refractivity contribution in [2.24, 2.45) is 0 Å². The molecule has 8 heteroatoms. The molecule has 5 rings (SSSR count). The van der Waals surface area contributed by atoms with Crippen LogP contribution in [-0.4, -0.2) is 37.3 Å². The number of nitrogens with zero attached hydrogens (tertiary/aromatic N) is 6. The van der Waals surface area contributed by atoms with Crippen LogP contribution in [-0.2, 0) is 6.54 Å². The second-order valence-electron chi connectivity index (χ2n) is 7.32. The molecule has 4 heterocycles. The summed E-state index contributed by atoms with van der Waals surface area (Å²) in [6, 6.07) is 11.5. The summed E-state index contributed by atoms with van der Waals surface area (Å²) in [5.74, 6) is 0.373. The SMILES string of the molecule is O=c1ccc(-c2ccncc2)nn1CC1CCCN1c1ncnc2ccc(F)cc12. The highest BCUT2D eigenvalue weighted by molar-refractivity contribution is 5.89. The van der Waals surface area contributed by atoms with E-state index >= 15 is 0 Å². The zero-order valence-corrected chi connectivity index (χ0v) is 16.1. The molecule has 0 aliphatic carbocycles. The van der Waals surface area contributed by atoms with Crippen molar-refractivity contribution in [3.63, 3.8) is 0 Å². The fraction of sp³-hybridized carbons (Fsp3) is 0.227. The Kier molecular flexibility index (Phi) is 4.66. The van der Waals surface area contributed by atoms with E-state index in [1.807, 2.05) is 12.1 Å². The van der Waals surface area contributed by atoms with E-state index in [4.69, 9.17) is 0 Å². The van der Waals surface area contributed by atoms with Gasteiger partial charge in [0.2, 0.25) is 0 Å². The van der Waals surface area contributed by atoms with Crippen LogP contribution < -0.4 is 10.5 Å². The van der Waals surface area contributed by atoms with Crippen LogP contribution in [0.15, 0.2) is 66.0 Å². The lowest BCUT2D eigenvalue weighted by Gasteiger charge is -2.27. The molecule has 0 saturated carbocycles. The third-order valence-corrected chi connectivity index (χ3v) is 5.45. The van der Waals surface area contributed by atoms with Crippen molar-refractivity contribution in [1.29, 1.82) is 0 Å². The van der Waals surface area contributed by atoms with Gasteiger partial charge in [-0.1, -0.05) is 0 Å². The maximum Gasteiger partial charge on any atom is 0.266 e. The highest BCUT2D eigenvalue weighted by atomic mass is 19.1. The van der Waals surface area contributed by atoms with Crippen molar-refractivity contribution in [3.8, 4) is 11.3 Å². The molecule has 0 radical (unpaired) electrons. The van der Waals surface area contributed by atoms with Crippen LogP contribution in [0.4, 0.5) is 10.2 Å². The van der Waals surface area contributed by atoms with Gasteiger partial charge in [-0.15, -0.1) is 0 Å². The van der Waals surface area contributed by atoms with E-state index < -0.39 is 0 Å². The Morgan fingerprint density at radius 1 is 1.07 bits per heavy atom. The van der Waals surface area contributed by atoms with Crippen LogP contribution in [0, 0.1) is 5.82 Å². The van der Waals surface area contributed by atoms with Gasteiger partial charge in [-0.05, 0) is 49.2 Å². The van der Waals surface area contributed by atoms with E-state index in [0.29, 0.717) is 23.3 Å². The fourth-order valence-corrected chi connectivity index (χ4v) is 4.00. The Morgan fingerprint density at radius 2 is 1.93 bits per heavy atom. The van der Waals surface area contributed by atoms with Gasteiger partial charge in [0, 0.05) is 36.0 Å². The molecule has 3 aromatic heterocycles. The number of halogens is 1. The first-order valence-electron chi connectivity index (χ1n) is 9.84. The topological polar surface area (TPSA) is 76.8 Å². The summed E-state index contributed by atoms with van der Waals surface area (Å²) >= 11 is 0. The second-order valence-corrected chi connectivity index (χ2v) is 7.32. The number of rotatable bonds is 4. The van der Waals surface area contributed by atoms with Gasteiger partial charge >= 0.3 is 0 Å². The van der Waals surface area contributed by atoms with E-state index in [2.05, 4.69) is 25.0 Å². The van der Waals surface area contributed by atoms with Crippen molar-refractivity contribution in [2.75, 3.05) is 11.4 Å². The van der Waals surface area contributed by atoms with E-state index in [-0.39, 0.29) is 17.4 Å². The molecular weight excluding hydrogens is 383 g/mol. The van der Waals surface area contributed by atoms with Crippen molar-refractivity contribution in [2.45, 2.75) is 25.4 Å². The molecule has 0 N–H and O–H groups in total. The summed E-state index contributed by atoms with van der Waals surface area (Å²) < 4.78 is 15.4. The largest absolute Gasteiger partial charge is 0.351 e. The molecule has 4 aromatic rings. The quantitative estimate of drug-likeness (QED) is 0.522. The van der Waals surface area contributed by atoms with Gasteiger partial charge in [0.15, 0.2) is 0 Å². The number of hydrogen-bond acceptors (Lipinski definition) is 6. The Morgan fingerprint density at radius 3 is 2.80 bits per heavy atom. The van der Waals surface area contributed by atoms with E-state index in [9.17, 15) is 9.18 Å².